The number of anilines is 2. The maximum Gasteiger partial charge on any atom is 0.265 e. The van der Waals surface area contributed by atoms with Gasteiger partial charge in [0.15, 0.2) is 0 Å². The van der Waals surface area contributed by atoms with E-state index in [1.807, 2.05) is 36.4 Å². The van der Waals surface area contributed by atoms with Crippen LogP contribution in [-0.4, -0.2) is 47.2 Å². The predicted molar refractivity (Wildman–Crippen MR) is 129 cm³/mol. The molecule has 0 spiro atoms. The van der Waals surface area contributed by atoms with Crippen LogP contribution < -0.4 is 14.5 Å². The van der Waals surface area contributed by atoms with Crippen molar-refractivity contribution in [1.29, 1.82) is 0 Å². The van der Waals surface area contributed by atoms with E-state index in [0.717, 1.165) is 48.3 Å². The first-order chi connectivity index (χ1) is 16.0. The normalized spacial score (nSPS) is 16.8. The van der Waals surface area contributed by atoms with Gasteiger partial charge < -0.3 is 15.0 Å². The number of rotatable bonds is 7. The zero-order valence-electron chi connectivity index (χ0n) is 18.4. The van der Waals surface area contributed by atoms with Gasteiger partial charge in [0.25, 0.3) is 10.0 Å². The molecule has 3 aromatic carbocycles. The zero-order valence-corrected chi connectivity index (χ0v) is 19.2. The number of nitrogens with zero attached hydrogens (tertiary/aromatic N) is 2. The van der Waals surface area contributed by atoms with E-state index in [0.29, 0.717) is 23.5 Å². The molecule has 0 aliphatic carbocycles. The van der Waals surface area contributed by atoms with Crippen molar-refractivity contribution in [3.8, 4) is 0 Å². The molecular weight excluding hydrogens is 438 g/mol. The van der Waals surface area contributed by atoms with E-state index >= 15 is 0 Å². The molecule has 3 aromatic rings. The summed E-state index contributed by atoms with van der Waals surface area (Å²) in [5, 5.41) is 4.62. The molecule has 0 aromatic heterocycles. The number of nitrogens with one attached hydrogen (secondary N) is 1. The lowest BCUT2D eigenvalue weighted by atomic mass is 10.1. The van der Waals surface area contributed by atoms with Gasteiger partial charge in [0.1, 0.15) is 0 Å². The van der Waals surface area contributed by atoms with Gasteiger partial charge >= 0.3 is 0 Å². The number of ether oxygens (including phenoxy) is 1. The van der Waals surface area contributed by atoms with Crippen molar-refractivity contribution < 1.29 is 17.9 Å². The van der Waals surface area contributed by atoms with Crippen LogP contribution in [0.5, 0.6) is 0 Å². The Morgan fingerprint density at radius 2 is 1.70 bits per heavy atom. The van der Waals surface area contributed by atoms with Crippen molar-refractivity contribution in [3.05, 3.63) is 66.2 Å². The maximum atomic E-state index is 13.0. The first-order valence-electron chi connectivity index (χ1n) is 11.3. The topological polar surface area (TPSA) is 79.0 Å². The summed E-state index contributed by atoms with van der Waals surface area (Å²) in [6, 6.07) is 19.2. The van der Waals surface area contributed by atoms with Gasteiger partial charge in [-0.15, -0.1) is 0 Å². The summed E-state index contributed by atoms with van der Waals surface area (Å²) in [6.07, 6.45) is 0.718. The van der Waals surface area contributed by atoms with Crippen LogP contribution in [0.4, 0.5) is 11.4 Å². The van der Waals surface area contributed by atoms with Gasteiger partial charge in [-0.25, -0.2) is 8.42 Å². The van der Waals surface area contributed by atoms with E-state index in [2.05, 4.69) is 22.3 Å². The number of hydrogen-bond donors (Lipinski definition) is 1. The number of carbonyl (C=O) groups is 1. The third kappa shape index (κ3) is 4.28. The minimum atomic E-state index is -3.58. The molecule has 8 heteroatoms. The Hall–Kier alpha value is -3.10. The van der Waals surface area contributed by atoms with Crippen LogP contribution in [-0.2, 0) is 26.1 Å². The van der Waals surface area contributed by atoms with Gasteiger partial charge in [-0.2, -0.15) is 0 Å². The fourth-order valence-electron chi connectivity index (χ4n) is 4.52. The molecule has 0 unspecified atom stereocenters. The Balaban J connectivity index is 1.14. The fraction of sp³-hybridized carbons (Fsp3) is 0.320. The molecule has 2 aliphatic heterocycles. The quantitative estimate of drug-likeness (QED) is 0.579. The lowest BCUT2D eigenvalue weighted by Crippen LogP contribution is -2.36. The van der Waals surface area contributed by atoms with Crippen LogP contribution in [0.3, 0.4) is 0 Å². The Labute approximate surface area is 194 Å². The number of amides is 1. The minimum absolute atomic E-state index is 0.0837. The second-order valence-corrected chi connectivity index (χ2v) is 10.2. The van der Waals surface area contributed by atoms with Crippen molar-refractivity contribution in [2.24, 2.45) is 0 Å². The van der Waals surface area contributed by atoms with Crippen LogP contribution in [0.25, 0.3) is 10.8 Å². The van der Waals surface area contributed by atoms with Crippen LogP contribution in [0.1, 0.15) is 18.4 Å². The van der Waals surface area contributed by atoms with Gasteiger partial charge in [-0.05, 0) is 41.6 Å². The lowest BCUT2D eigenvalue weighted by Gasteiger charge is -2.28. The smallest absolute Gasteiger partial charge is 0.265 e. The maximum absolute atomic E-state index is 13.0. The molecule has 1 N–H and O–H groups in total. The summed E-state index contributed by atoms with van der Waals surface area (Å²) in [6.45, 7) is 4.01. The summed E-state index contributed by atoms with van der Waals surface area (Å²) >= 11 is 0. The van der Waals surface area contributed by atoms with E-state index in [9.17, 15) is 13.2 Å². The van der Waals surface area contributed by atoms with Crippen molar-refractivity contribution in [3.63, 3.8) is 0 Å². The van der Waals surface area contributed by atoms with Crippen LogP contribution in [0, 0.1) is 0 Å². The largest absolute Gasteiger partial charge is 0.378 e. The van der Waals surface area contributed by atoms with Crippen molar-refractivity contribution >= 4 is 38.1 Å². The molecule has 0 radical (unpaired) electrons. The molecule has 0 atom stereocenters. The van der Waals surface area contributed by atoms with Gasteiger partial charge in [0, 0.05) is 43.7 Å². The first-order valence-corrected chi connectivity index (χ1v) is 12.7. The summed E-state index contributed by atoms with van der Waals surface area (Å²) in [7, 11) is -3.58. The number of morpholine rings is 1. The van der Waals surface area contributed by atoms with E-state index < -0.39 is 10.0 Å². The number of carbonyl (C=O) groups excluding carboxylic acids is 1. The number of sulfonamides is 1. The van der Waals surface area contributed by atoms with Crippen molar-refractivity contribution in [1.82, 2.24) is 5.32 Å². The standard InChI is InChI=1S/C25H27N3O4S/c29-24(26-18-19-9-11-21(12-10-19)27-14-16-32-17-15-27)8-3-13-28-22-6-1-4-20-5-2-7-23(25(20)22)33(28,30)31/h1-2,4-7,9-12H,3,8,13-18H2,(H,26,29). The van der Waals surface area contributed by atoms with E-state index in [1.165, 1.54) is 4.31 Å². The monoisotopic (exact) mass is 465 g/mol. The highest BCUT2D eigenvalue weighted by Crippen LogP contribution is 2.41. The molecule has 33 heavy (non-hydrogen) atoms. The Bertz CT molecular complexity index is 1260. The van der Waals surface area contributed by atoms with Crippen LogP contribution in [0.2, 0.25) is 0 Å². The first kappa shape index (κ1) is 21.7. The van der Waals surface area contributed by atoms with Crippen LogP contribution >= 0.6 is 0 Å². The summed E-state index contributed by atoms with van der Waals surface area (Å²) in [4.78, 5) is 15.0. The van der Waals surface area contributed by atoms with Gasteiger partial charge in [-0.1, -0.05) is 36.4 Å². The molecule has 1 fully saturated rings. The lowest BCUT2D eigenvalue weighted by molar-refractivity contribution is -0.121. The minimum Gasteiger partial charge on any atom is -0.378 e. The van der Waals surface area contributed by atoms with Crippen molar-refractivity contribution in [2.45, 2.75) is 24.3 Å². The Kier molecular flexibility index (Phi) is 5.95. The third-order valence-corrected chi connectivity index (χ3v) is 8.10. The molecule has 1 amide bonds. The average molecular weight is 466 g/mol. The zero-order chi connectivity index (χ0) is 22.8. The van der Waals surface area contributed by atoms with Crippen LogP contribution in [0.15, 0.2) is 65.6 Å². The summed E-state index contributed by atoms with van der Waals surface area (Å²) in [5.74, 6) is -0.0837. The molecule has 0 saturated carbocycles. The highest BCUT2D eigenvalue weighted by atomic mass is 32.2. The van der Waals surface area contributed by atoms with Gasteiger partial charge in [0.05, 0.1) is 23.8 Å². The van der Waals surface area contributed by atoms with Gasteiger partial charge in [0.2, 0.25) is 5.91 Å². The number of hydrogen-bond acceptors (Lipinski definition) is 5. The molecule has 0 bridgehead atoms. The molecule has 1 saturated heterocycles. The van der Waals surface area contributed by atoms with E-state index in [-0.39, 0.29) is 18.9 Å². The Morgan fingerprint density at radius 3 is 2.45 bits per heavy atom. The van der Waals surface area contributed by atoms with E-state index in [1.54, 1.807) is 12.1 Å². The fourth-order valence-corrected chi connectivity index (χ4v) is 6.27. The highest BCUT2D eigenvalue weighted by Gasteiger charge is 2.35. The molecule has 7 nitrogen and oxygen atoms in total. The van der Waals surface area contributed by atoms with E-state index in [4.69, 9.17) is 4.74 Å². The van der Waals surface area contributed by atoms with Crippen molar-refractivity contribution in [2.75, 3.05) is 42.1 Å². The summed E-state index contributed by atoms with van der Waals surface area (Å²) < 4.78 is 32.8. The SMILES string of the molecule is O=C(CCCN1c2cccc3cccc(c23)S1(=O)=O)NCc1ccc(N2CCOCC2)cc1. The highest BCUT2D eigenvalue weighted by molar-refractivity contribution is 7.93. The van der Waals surface area contributed by atoms with Gasteiger partial charge in [-0.3, -0.25) is 9.10 Å². The Morgan fingerprint density at radius 1 is 0.970 bits per heavy atom. The third-order valence-electron chi connectivity index (χ3n) is 6.25. The molecule has 172 valence electrons. The molecular formula is C25H27N3O4S. The second kappa shape index (κ2) is 9.03. The second-order valence-electron chi connectivity index (χ2n) is 8.35. The molecule has 2 aliphatic rings. The molecule has 5 rings (SSSR count). The average Bonchev–Trinajstić information content (AvgIpc) is 3.07. The number of benzene rings is 3. The summed E-state index contributed by atoms with van der Waals surface area (Å²) in [5.41, 5.74) is 2.89. The molecule has 2 heterocycles. The predicted octanol–water partition coefficient (Wildman–Crippen LogP) is 3.28.